The molecule has 2 fully saturated rings. The summed E-state index contributed by atoms with van der Waals surface area (Å²) in [5.74, 6) is 0.575. The molecule has 1 amide bonds. The highest BCUT2D eigenvalue weighted by Gasteiger charge is 2.37. The predicted molar refractivity (Wildman–Crippen MR) is 92.6 cm³/mol. The first-order valence-electron chi connectivity index (χ1n) is 8.93. The van der Waals surface area contributed by atoms with Gasteiger partial charge in [0.05, 0.1) is 31.8 Å². The van der Waals surface area contributed by atoms with Gasteiger partial charge in [-0.1, -0.05) is 30.3 Å². The quantitative estimate of drug-likeness (QED) is 0.805. The second-order valence-electron chi connectivity index (χ2n) is 6.81. The Morgan fingerprint density at radius 1 is 1.38 bits per heavy atom. The number of likely N-dealkylation sites (tertiary alicyclic amines) is 1. The molecule has 0 unspecified atom stereocenters. The average Bonchev–Trinajstić information content (AvgIpc) is 2.65. The van der Waals surface area contributed by atoms with Crippen LogP contribution in [0.3, 0.4) is 0 Å². The standard InChI is InChI=1S/C19H28N2O3/c1-20-19(22)17-11-16-12-21(8-7-18(16)24-14-17)9-10-23-13-15-5-3-2-4-6-15/h2-6,16-18H,7-14H2,1H3,(H,20,22)/t16-,17-,18+/m1/s1. The van der Waals surface area contributed by atoms with Crippen molar-refractivity contribution in [2.24, 2.45) is 11.8 Å². The van der Waals surface area contributed by atoms with Gasteiger partial charge in [-0.05, 0) is 24.3 Å². The van der Waals surface area contributed by atoms with E-state index >= 15 is 0 Å². The van der Waals surface area contributed by atoms with Gasteiger partial charge in [0.1, 0.15) is 0 Å². The van der Waals surface area contributed by atoms with Crippen molar-refractivity contribution in [2.75, 3.05) is 39.9 Å². The maximum Gasteiger partial charge on any atom is 0.225 e. The Morgan fingerprint density at radius 2 is 2.21 bits per heavy atom. The molecule has 3 atom stereocenters. The summed E-state index contributed by atoms with van der Waals surface area (Å²) in [5, 5.41) is 2.75. The SMILES string of the molecule is CNC(=O)[C@H]1CO[C@H]2CCN(CCOCc3ccccc3)C[C@H]2C1. The third kappa shape index (κ3) is 4.56. The van der Waals surface area contributed by atoms with Crippen molar-refractivity contribution in [3.63, 3.8) is 0 Å². The van der Waals surface area contributed by atoms with E-state index in [0.717, 1.165) is 39.1 Å². The van der Waals surface area contributed by atoms with E-state index in [4.69, 9.17) is 9.47 Å². The number of ether oxygens (including phenoxy) is 2. The van der Waals surface area contributed by atoms with Crippen LogP contribution in [0, 0.1) is 11.8 Å². The Bertz CT molecular complexity index is 523. The van der Waals surface area contributed by atoms with E-state index in [0.29, 0.717) is 25.2 Å². The highest BCUT2D eigenvalue weighted by Crippen LogP contribution is 2.31. The smallest absolute Gasteiger partial charge is 0.225 e. The molecular formula is C19H28N2O3. The van der Waals surface area contributed by atoms with Crippen LogP contribution in [-0.4, -0.2) is 56.8 Å². The number of benzene rings is 1. The molecule has 0 bridgehead atoms. The van der Waals surface area contributed by atoms with Crippen LogP contribution in [0.1, 0.15) is 18.4 Å². The molecule has 1 aromatic carbocycles. The lowest BCUT2D eigenvalue weighted by Crippen LogP contribution is -2.50. The van der Waals surface area contributed by atoms with Crippen molar-refractivity contribution in [1.29, 1.82) is 0 Å². The van der Waals surface area contributed by atoms with Crippen LogP contribution in [0.2, 0.25) is 0 Å². The number of hydrogen-bond donors (Lipinski definition) is 1. The largest absolute Gasteiger partial charge is 0.377 e. The summed E-state index contributed by atoms with van der Waals surface area (Å²) in [6, 6.07) is 10.3. The number of nitrogens with zero attached hydrogens (tertiary/aromatic N) is 1. The van der Waals surface area contributed by atoms with Gasteiger partial charge in [0.25, 0.3) is 0 Å². The molecule has 1 N–H and O–H groups in total. The van der Waals surface area contributed by atoms with Crippen LogP contribution in [0.15, 0.2) is 30.3 Å². The minimum Gasteiger partial charge on any atom is -0.377 e. The van der Waals surface area contributed by atoms with Gasteiger partial charge in [0.2, 0.25) is 5.91 Å². The predicted octanol–water partition coefficient (Wildman–Crippen LogP) is 1.68. The first-order valence-corrected chi connectivity index (χ1v) is 8.93. The van der Waals surface area contributed by atoms with E-state index in [1.54, 1.807) is 7.05 Å². The summed E-state index contributed by atoms with van der Waals surface area (Å²) in [5.41, 5.74) is 1.21. The molecule has 2 saturated heterocycles. The van der Waals surface area contributed by atoms with Gasteiger partial charge in [-0.25, -0.2) is 0 Å². The molecule has 0 saturated carbocycles. The summed E-state index contributed by atoms with van der Waals surface area (Å²) >= 11 is 0. The van der Waals surface area contributed by atoms with Crippen molar-refractivity contribution >= 4 is 5.91 Å². The Labute approximate surface area is 144 Å². The van der Waals surface area contributed by atoms with Gasteiger partial charge in [0.15, 0.2) is 0 Å². The van der Waals surface area contributed by atoms with Crippen molar-refractivity contribution in [3.05, 3.63) is 35.9 Å². The van der Waals surface area contributed by atoms with E-state index in [9.17, 15) is 4.79 Å². The summed E-state index contributed by atoms with van der Waals surface area (Å²) in [4.78, 5) is 14.3. The Hall–Kier alpha value is -1.43. The van der Waals surface area contributed by atoms with Gasteiger partial charge in [-0.3, -0.25) is 4.79 Å². The summed E-state index contributed by atoms with van der Waals surface area (Å²) < 4.78 is 11.7. The van der Waals surface area contributed by atoms with Gasteiger partial charge in [-0.15, -0.1) is 0 Å². The Kier molecular flexibility index (Phi) is 6.24. The fourth-order valence-electron chi connectivity index (χ4n) is 3.75. The number of nitrogens with one attached hydrogen (secondary N) is 1. The van der Waals surface area contributed by atoms with E-state index in [1.807, 2.05) is 18.2 Å². The van der Waals surface area contributed by atoms with Gasteiger partial charge < -0.3 is 19.7 Å². The fraction of sp³-hybridized carbons (Fsp3) is 0.632. The lowest BCUT2D eigenvalue weighted by atomic mass is 9.83. The molecule has 2 heterocycles. The van der Waals surface area contributed by atoms with Crippen molar-refractivity contribution in [2.45, 2.75) is 25.6 Å². The molecule has 132 valence electrons. The molecule has 0 aromatic heterocycles. The van der Waals surface area contributed by atoms with E-state index < -0.39 is 0 Å². The lowest BCUT2D eigenvalue weighted by molar-refractivity contribution is -0.138. The Balaban J connectivity index is 1.39. The summed E-state index contributed by atoms with van der Waals surface area (Å²) in [6.07, 6.45) is 2.32. The van der Waals surface area contributed by atoms with Crippen molar-refractivity contribution in [3.8, 4) is 0 Å². The zero-order chi connectivity index (χ0) is 16.8. The number of carbonyl (C=O) groups is 1. The molecule has 0 aliphatic carbocycles. The van der Waals surface area contributed by atoms with Gasteiger partial charge >= 0.3 is 0 Å². The van der Waals surface area contributed by atoms with Crippen LogP contribution in [0.5, 0.6) is 0 Å². The maximum atomic E-state index is 11.8. The van der Waals surface area contributed by atoms with Crippen LogP contribution in [0.25, 0.3) is 0 Å². The second-order valence-corrected chi connectivity index (χ2v) is 6.81. The lowest BCUT2D eigenvalue weighted by Gasteiger charge is -2.43. The second kappa shape index (κ2) is 8.60. The highest BCUT2D eigenvalue weighted by molar-refractivity contribution is 5.78. The third-order valence-corrected chi connectivity index (χ3v) is 5.13. The number of hydrogen-bond acceptors (Lipinski definition) is 4. The number of fused-ring (bicyclic) bond motifs is 1. The molecule has 5 nitrogen and oxygen atoms in total. The monoisotopic (exact) mass is 332 g/mol. The van der Waals surface area contributed by atoms with E-state index in [-0.39, 0.29) is 11.8 Å². The molecule has 1 aromatic rings. The molecule has 24 heavy (non-hydrogen) atoms. The third-order valence-electron chi connectivity index (χ3n) is 5.13. The maximum absolute atomic E-state index is 11.8. The first-order chi connectivity index (χ1) is 11.8. The van der Waals surface area contributed by atoms with Crippen LogP contribution >= 0.6 is 0 Å². The van der Waals surface area contributed by atoms with Gasteiger partial charge in [-0.2, -0.15) is 0 Å². The molecule has 2 aliphatic heterocycles. The average molecular weight is 332 g/mol. The Morgan fingerprint density at radius 3 is 3.00 bits per heavy atom. The summed E-state index contributed by atoms with van der Waals surface area (Å²) in [7, 11) is 1.70. The van der Waals surface area contributed by atoms with Crippen LogP contribution in [0.4, 0.5) is 0 Å². The minimum absolute atomic E-state index is 0.00512. The zero-order valence-electron chi connectivity index (χ0n) is 14.4. The number of carbonyl (C=O) groups excluding carboxylic acids is 1. The normalized spacial score (nSPS) is 27.5. The molecule has 0 spiro atoms. The van der Waals surface area contributed by atoms with Crippen LogP contribution in [-0.2, 0) is 20.9 Å². The van der Waals surface area contributed by atoms with E-state index in [2.05, 4.69) is 22.3 Å². The number of piperidine rings is 1. The number of rotatable bonds is 6. The topological polar surface area (TPSA) is 50.8 Å². The first kappa shape index (κ1) is 17.4. The number of amides is 1. The van der Waals surface area contributed by atoms with Crippen LogP contribution < -0.4 is 5.32 Å². The molecule has 2 aliphatic rings. The van der Waals surface area contributed by atoms with Crippen molar-refractivity contribution < 1.29 is 14.3 Å². The molecule has 5 heteroatoms. The molecular weight excluding hydrogens is 304 g/mol. The molecule has 3 rings (SSSR count). The summed E-state index contributed by atoms with van der Waals surface area (Å²) in [6.45, 7) is 4.99. The fourth-order valence-corrected chi connectivity index (χ4v) is 3.75. The zero-order valence-corrected chi connectivity index (χ0v) is 14.4. The van der Waals surface area contributed by atoms with E-state index in [1.165, 1.54) is 5.56 Å². The van der Waals surface area contributed by atoms with Crippen molar-refractivity contribution in [1.82, 2.24) is 10.2 Å². The van der Waals surface area contributed by atoms with Gasteiger partial charge in [0, 0.05) is 26.7 Å². The highest BCUT2D eigenvalue weighted by atomic mass is 16.5. The molecule has 0 radical (unpaired) electrons. The minimum atomic E-state index is 0.00512.